The third-order valence-corrected chi connectivity index (χ3v) is 9.33. The van der Waals surface area contributed by atoms with Gasteiger partial charge in [0.05, 0.1) is 0 Å². The molecule has 0 atom stereocenters. The monoisotopic (exact) mass is 602 g/mol. The van der Waals surface area contributed by atoms with Crippen LogP contribution in [-0.4, -0.2) is 4.98 Å². The van der Waals surface area contributed by atoms with E-state index in [1.54, 1.807) is 6.20 Å². The molecule has 4 heteroatoms. The second kappa shape index (κ2) is 10.1. The summed E-state index contributed by atoms with van der Waals surface area (Å²) in [7, 11) is 0. The molecule has 0 unspecified atom stereocenters. The minimum Gasteiger partial charge on any atom is -0.456 e. The maximum atomic E-state index is 6.50. The molecular weight excluding hydrogens is 576 g/mol. The molecule has 3 aromatic heterocycles. The molecule has 0 radical (unpaired) electrons. The van der Waals surface area contributed by atoms with Crippen LogP contribution in [0.2, 0.25) is 0 Å². The number of anilines is 3. The van der Waals surface area contributed by atoms with Crippen LogP contribution in [0.1, 0.15) is 0 Å². The quantitative estimate of drug-likeness (QED) is 0.201. The molecule has 220 valence electrons. The van der Waals surface area contributed by atoms with Crippen molar-refractivity contribution in [1.29, 1.82) is 0 Å². The van der Waals surface area contributed by atoms with Gasteiger partial charge in [0.2, 0.25) is 0 Å². The Bertz CT molecular complexity index is 2640. The number of hydrogen-bond donors (Lipinski definition) is 0. The molecule has 0 aliphatic carbocycles. The lowest BCUT2D eigenvalue weighted by atomic mass is 10.0. The van der Waals surface area contributed by atoms with E-state index in [-0.39, 0.29) is 0 Å². The molecule has 0 amide bonds. The lowest BCUT2D eigenvalue weighted by molar-refractivity contribution is 0.669. The largest absolute Gasteiger partial charge is 0.456 e. The van der Waals surface area contributed by atoms with E-state index in [9.17, 15) is 0 Å². The van der Waals surface area contributed by atoms with E-state index in [0.717, 1.165) is 72.1 Å². The minimum atomic E-state index is 0.849. The number of hydrogen-bond acceptors (Lipinski definition) is 4. The third-order valence-electron chi connectivity index (χ3n) is 9.33. The smallest absolute Gasteiger partial charge is 0.137 e. The summed E-state index contributed by atoms with van der Waals surface area (Å²) < 4.78 is 13.0. The van der Waals surface area contributed by atoms with Crippen molar-refractivity contribution in [3.8, 4) is 11.1 Å². The van der Waals surface area contributed by atoms with Crippen molar-refractivity contribution in [2.45, 2.75) is 0 Å². The highest BCUT2D eigenvalue weighted by Gasteiger charge is 2.19. The summed E-state index contributed by atoms with van der Waals surface area (Å²) in [6.45, 7) is 0. The number of benzene rings is 7. The molecule has 0 saturated heterocycles. The topological polar surface area (TPSA) is 42.4 Å². The molecule has 0 N–H and O–H groups in total. The number of aromatic nitrogens is 1. The Labute approximate surface area is 269 Å². The number of fused-ring (bicyclic) bond motifs is 10. The normalized spacial score (nSPS) is 11.8. The second-order valence-electron chi connectivity index (χ2n) is 12.0. The highest BCUT2D eigenvalue weighted by Crippen LogP contribution is 2.43. The Morgan fingerprint density at radius 3 is 1.51 bits per heavy atom. The Hall–Kier alpha value is -6.39. The summed E-state index contributed by atoms with van der Waals surface area (Å²) in [5.74, 6) is 0. The van der Waals surface area contributed by atoms with Gasteiger partial charge in [0.25, 0.3) is 0 Å². The van der Waals surface area contributed by atoms with Crippen LogP contribution >= 0.6 is 0 Å². The van der Waals surface area contributed by atoms with E-state index in [1.165, 1.54) is 21.5 Å². The molecule has 10 aromatic rings. The first-order chi connectivity index (χ1) is 23.3. The van der Waals surface area contributed by atoms with Crippen molar-refractivity contribution < 1.29 is 8.83 Å². The average molecular weight is 603 g/mol. The van der Waals surface area contributed by atoms with Crippen LogP contribution in [0, 0.1) is 0 Å². The van der Waals surface area contributed by atoms with Crippen molar-refractivity contribution in [3.05, 3.63) is 158 Å². The van der Waals surface area contributed by atoms with E-state index in [4.69, 9.17) is 8.83 Å². The van der Waals surface area contributed by atoms with Crippen molar-refractivity contribution in [3.63, 3.8) is 0 Å². The first-order valence-electron chi connectivity index (χ1n) is 15.8. The van der Waals surface area contributed by atoms with Crippen molar-refractivity contribution in [2.24, 2.45) is 0 Å². The summed E-state index contributed by atoms with van der Waals surface area (Å²) >= 11 is 0. The van der Waals surface area contributed by atoms with Gasteiger partial charge in [0.1, 0.15) is 22.3 Å². The molecule has 7 aromatic carbocycles. The maximum absolute atomic E-state index is 6.50. The molecule has 0 bridgehead atoms. The van der Waals surface area contributed by atoms with Gasteiger partial charge in [-0.15, -0.1) is 0 Å². The number of furan rings is 2. The first kappa shape index (κ1) is 25.9. The fourth-order valence-corrected chi connectivity index (χ4v) is 7.13. The zero-order valence-corrected chi connectivity index (χ0v) is 25.2. The van der Waals surface area contributed by atoms with Crippen LogP contribution in [0.15, 0.2) is 167 Å². The Morgan fingerprint density at radius 2 is 0.957 bits per heavy atom. The highest BCUT2D eigenvalue weighted by atomic mass is 16.3. The van der Waals surface area contributed by atoms with Gasteiger partial charge in [-0.2, -0.15) is 0 Å². The molecule has 4 nitrogen and oxygen atoms in total. The first-order valence-corrected chi connectivity index (χ1v) is 15.8. The Balaban J connectivity index is 1.17. The van der Waals surface area contributed by atoms with Gasteiger partial charge < -0.3 is 13.7 Å². The maximum Gasteiger partial charge on any atom is 0.137 e. The fraction of sp³-hybridized carbons (Fsp3) is 0. The molecule has 47 heavy (non-hydrogen) atoms. The molecule has 0 saturated carbocycles. The van der Waals surface area contributed by atoms with Crippen LogP contribution in [0.4, 0.5) is 17.1 Å². The lowest BCUT2D eigenvalue weighted by Crippen LogP contribution is -2.09. The molecule has 0 spiro atoms. The van der Waals surface area contributed by atoms with Gasteiger partial charge >= 0.3 is 0 Å². The number of rotatable bonds is 4. The lowest BCUT2D eigenvalue weighted by Gasteiger charge is -2.25. The zero-order valence-electron chi connectivity index (χ0n) is 25.2. The minimum absolute atomic E-state index is 0.849. The fourth-order valence-electron chi connectivity index (χ4n) is 7.13. The summed E-state index contributed by atoms with van der Waals surface area (Å²) in [5.41, 5.74) is 8.69. The average Bonchev–Trinajstić information content (AvgIpc) is 3.70. The van der Waals surface area contributed by atoms with E-state index in [1.807, 2.05) is 12.3 Å². The van der Waals surface area contributed by atoms with E-state index in [0.29, 0.717) is 0 Å². The zero-order chi connectivity index (χ0) is 30.9. The Morgan fingerprint density at radius 1 is 0.404 bits per heavy atom. The Kier molecular flexibility index (Phi) is 5.54. The van der Waals surface area contributed by atoms with E-state index >= 15 is 0 Å². The predicted octanol–water partition coefficient (Wildman–Crippen LogP) is 12.3. The molecule has 0 aliphatic heterocycles. The van der Waals surface area contributed by atoms with Crippen LogP contribution in [0.25, 0.3) is 76.5 Å². The van der Waals surface area contributed by atoms with E-state index in [2.05, 4.69) is 149 Å². The third kappa shape index (κ3) is 4.05. The molecule has 3 heterocycles. The molecule has 0 fully saturated rings. The highest BCUT2D eigenvalue weighted by molar-refractivity contribution is 6.20. The summed E-state index contributed by atoms with van der Waals surface area (Å²) in [6.07, 6.45) is 3.69. The van der Waals surface area contributed by atoms with Gasteiger partial charge in [-0.05, 0) is 87.3 Å². The van der Waals surface area contributed by atoms with Crippen LogP contribution in [0.5, 0.6) is 0 Å². The van der Waals surface area contributed by atoms with Gasteiger partial charge in [0, 0.05) is 63.1 Å². The summed E-state index contributed by atoms with van der Waals surface area (Å²) in [4.78, 5) is 6.58. The summed E-state index contributed by atoms with van der Waals surface area (Å²) in [6, 6.07) is 51.1. The molecular formula is C43H26N2O2. The van der Waals surface area contributed by atoms with E-state index < -0.39 is 0 Å². The summed E-state index contributed by atoms with van der Waals surface area (Å²) in [5, 5.41) is 9.30. The van der Waals surface area contributed by atoms with Crippen LogP contribution in [-0.2, 0) is 0 Å². The van der Waals surface area contributed by atoms with Crippen LogP contribution in [0.3, 0.4) is 0 Å². The van der Waals surface area contributed by atoms with Crippen molar-refractivity contribution >= 4 is 82.5 Å². The van der Waals surface area contributed by atoms with Gasteiger partial charge in [0.15, 0.2) is 0 Å². The van der Waals surface area contributed by atoms with Crippen LogP contribution < -0.4 is 4.90 Å². The predicted molar refractivity (Wildman–Crippen MR) is 194 cm³/mol. The number of pyridine rings is 1. The van der Waals surface area contributed by atoms with Crippen molar-refractivity contribution in [1.82, 2.24) is 4.98 Å². The standard InChI is InChI=1S/C43H26N2O2/c1-3-9-34-28(6-1)13-21-38-42(34)36-19-17-32(24-40(36)46-38)45(31-15-11-27(12-16-31)30-8-5-23-44-26-30)33-18-20-37-41(25-33)47-39-22-14-29-7-2-4-10-35(29)43(37)39/h1-26H. The molecule has 0 aliphatic rings. The number of nitrogens with zero attached hydrogens (tertiary/aromatic N) is 2. The second-order valence-corrected chi connectivity index (χ2v) is 12.0. The van der Waals surface area contributed by atoms with Crippen molar-refractivity contribution in [2.75, 3.05) is 4.90 Å². The van der Waals surface area contributed by atoms with Gasteiger partial charge in [-0.1, -0.05) is 78.9 Å². The SMILES string of the molecule is c1cncc(-c2ccc(N(c3ccc4c(c3)oc3ccc5ccccc5c34)c3ccc4c(c3)oc3ccc5ccccc5c34)cc2)c1. The molecule has 10 rings (SSSR count). The van der Waals surface area contributed by atoms with Gasteiger partial charge in [-0.25, -0.2) is 0 Å². The van der Waals surface area contributed by atoms with Gasteiger partial charge in [-0.3, -0.25) is 4.98 Å².